The summed E-state index contributed by atoms with van der Waals surface area (Å²) in [5.74, 6) is 0. The summed E-state index contributed by atoms with van der Waals surface area (Å²) in [4.78, 5) is 12.6. The Morgan fingerprint density at radius 1 is 1.06 bits per heavy atom. The third-order valence-electron chi connectivity index (χ3n) is 5.44. The quantitative estimate of drug-likeness (QED) is 0.420. The number of amides is 2. The lowest BCUT2D eigenvalue weighted by molar-refractivity contribution is -0.137. The molecule has 2 aromatic carbocycles. The van der Waals surface area contributed by atoms with Crippen molar-refractivity contribution >= 4 is 22.6 Å². The number of aryl methyl sites for hydroxylation is 1. The van der Waals surface area contributed by atoms with Crippen molar-refractivity contribution in [2.24, 2.45) is 7.05 Å². The molecule has 0 aliphatic rings. The maximum atomic E-state index is 13.3. The number of rotatable bonds is 4. The largest absolute Gasteiger partial charge is 0.416 e. The Bertz CT molecular complexity index is 1350. The first kappa shape index (κ1) is 23.3. The molecule has 0 saturated heterocycles. The summed E-state index contributed by atoms with van der Waals surface area (Å²) in [5, 5.41) is 15.1. The molecular weight excluding hydrogens is 445 g/mol. The number of hydrogen-bond donors (Lipinski definition) is 2. The summed E-state index contributed by atoms with van der Waals surface area (Å²) in [6, 6.07) is 11.8. The lowest BCUT2D eigenvalue weighted by Gasteiger charge is -2.14. The number of alkyl halides is 3. The minimum atomic E-state index is -4.47. The van der Waals surface area contributed by atoms with Crippen molar-refractivity contribution in [2.75, 3.05) is 5.32 Å². The zero-order valence-corrected chi connectivity index (χ0v) is 19.2. The summed E-state index contributed by atoms with van der Waals surface area (Å²) in [5.41, 5.74) is 1.89. The monoisotopic (exact) mass is 470 g/mol. The van der Waals surface area contributed by atoms with E-state index in [0.29, 0.717) is 17.1 Å². The van der Waals surface area contributed by atoms with E-state index in [2.05, 4.69) is 20.8 Å². The highest BCUT2D eigenvalue weighted by Gasteiger charge is 2.31. The van der Waals surface area contributed by atoms with Gasteiger partial charge in [0.15, 0.2) is 0 Å². The smallest absolute Gasteiger partial charge is 0.332 e. The highest BCUT2D eigenvalue weighted by molar-refractivity contribution is 6.00. The number of carbonyl (C=O) groups is 1. The number of nitrogens with zero attached hydrogens (tertiary/aromatic N) is 4. The van der Waals surface area contributed by atoms with Gasteiger partial charge >= 0.3 is 12.2 Å². The van der Waals surface area contributed by atoms with E-state index in [1.807, 2.05) is 40.0 Å². The highest BCUT2D eigenvalue weighted by atomic mass is 19.4. The highest BCUT2D eigenvalue weighted by Crippen LogP contribution is 2.31. The first-order chi connectivity index (χ1) is 15.9. The van der Waals surface area contributed by atoms with Gasteiger partial charge in [-0.25, -0.2) is 9.48 Å². The maximum Gasteiger partial charge on any atom is 0.416 e. The van der Waals surface area contributed by atoms with E-state index in [9.17, 15) is 18.0 Å². The second-order valence-corrected chi connectivity index (χ2v) is 9.05. The molecule has 0 atom stereocenters. The van der Waals surface area contributed by atoms with Gasteiger partial charge in [0.1, 0.15) is 0 Å². The minimum absolute atomic E-state index is 0.0637. The van der Waals surface area contributed by atoms with Crippen LogP contribution in [-0.4, -0.2) is 25.6 Å². The van der Waals surface area contributed by atoms with Gasteiger partial charge in [0.25, 0.3) is 0 Å². The predicted octanol–water partition coefficient (Wildman–Crippen LogP) is 5.40. The van der Waals surface area contributed by atoms with Crippen LogP contribution in [-0.2, 0) is 25.2 Å². The fourth-order valence-corrected chi connectivity index (χ4v) is 3.57. The molecule has 10 heteroatoms. The lowest BCUT2D eigenvalue weighted by Crippen LogP contribution is -2.29. The molecule has 0 spiro atoms. The normalized spacial score (nSPS) is 12.2. The zero-order chi connectivity index (χ0) is 24.7. The minimum Gasteiger partial charge on any atom is -0.332 e. The summed E-state index contributed by atoms with van der Waals surface area (Å²) in [7, 11) is 1.81. The Balaban J connectivity index is 1.59. The van der Waals surface area contributed by atoms with E-state index in [-0.39, 0.29) is 17.6 Å². The van der Waals surface area contributed by atoms with Gasteiger partial charge in [-0.2, -0.15) is 23.4 Å². The molecular formula is C24H25F3N6O. The Labute approximate surface area is 194 Å². The number of carbonyl (C=O) groups excluding carboxylic acids is 1. The number of anilines is 1. The maximum absolute atomic E-state index is 13.3. The van der Waals surface area contributed by atoms with E-state index in [4.69, 9.17) is 0 Å². The SMILES string of the molecule is Cn1ncc2c(NC(=O)NCc3cc(C(C)(C)C)nn3-c3cccc(C(F)(F)F)c3)cccc21. The van der Waals surface area contributed by atoms with Gasteiger partial charge in [0.2, 0.25) is 0 Å². The first-order valence-corrected chi connectivity index (χ1v) is 10.7. The topological polar surface area (TPSA) is 76.8 Å². The Morgan fingerprint density at radius 2 is 1.79 bits per heavy atom. The van der Waals surface area contributed by atoms with Crippen molar-refractivity contribution in [3.05, 3.63) is 71.7 Å². The van der Waals surface area contributed by atoms with E-state index >= 15 is 0 Å². The van der Waals surface area contributed by atoms with Crippen LogP contribution < -0.4 is 10.6 Å². The molecule has 4 rings (SSSR count). The van der Waals surface area contributed by atoms with Gasteiger partial charge in [0.05, 0.1) is 46.6 Å². The summed E-state index contributed by atoms with van der Waals surface area (Å²) in [6.07, 6.45) is -2.80. The number of aromatic nitrogens is 4. The van der Waals surface area contributed by atoms with Crippen LogP contribution in [0.25, 0.3) is 16.6 Å². The molecule has 0 aliphatic carbocycles. The van der Waals surface area contributed by atoms with Crippen molar-refractivity contribution in [2.45, 2.75) is 38.9 Å². The van der Waals surface area contributed by atoms with Crippen LogP contribution in [0.3, 0.4) is 0 Å². The second-order valence-electron chi connectivity index (χ2n) is 9.05. The molecule has 7 nitrogen and oxygen atoms in total. The van der Waals surface area contributed by atoms with E-state index in [1.54, 1.807) is 29.1 Å². The molecule has 2 amide bonds. The molecule has 34 heavy (non-hydrogen) atoms. The molecule has 0 bridgehead atoms. The fourth-order valence-electron chi connectivity index (χ4n) is 3.57. The Hall–Kier alpha value is -3.82. The number of benzene rings is 2. The second kappa shape index (κ2) is 8.51. The number of hydrogen-bond acceptors (Lipinski definition) is 3. The third-order valence-corrected chi connectivity index (χ3v) is 5.44. The number of nitrogens with one attached hydrogen (secondary N) is 2. The Kier molecular flexibility index (Phi) is 5.84. The average Bonchev–Trinajstić information content (AvgIpc) is 3.37. The molecule has 2 heterocycles. The molecule has 2 aromatic heterocycles. The van der Waals surface area contributed by atoms with Gasteiger partial charge < -0.3 is 10.6 Å². The summed E-state index contributed by atoms with van der Waals surface area (Å²) < 4.78 is 42.9. The van der Waals surface area contributed by atoms with Crippen LogP contribution >= 0.6 is 0 Å². The molecule has 0 aliphatic heterocycles. The lowest BCUT2D eigenvalue weighted by atomic mass is 9.92. The van der Waals surface area contributed by atoms with Gasteiger partial charge in [-0.3, -0.25) is 4.68 Å². The van der Waals surface area contributed by atoms with E-state index in [0.717, 1.165) is 23.0 Å². The van der Waals surface area contributed by atoms with Crippen molar-refractivity contribution < 1.29 is 18.0 Å². The molecule has 0 radical (unpaired) electrons. The average molecular weight is 470 g/mol. The molecule has 178 valence electrons. The van der Waals surface area contributed by atoms with E-state index < -0.39 is 17.8 Å². The number of halogens is 3. The summed E-state index contributed by atoms with van der Waals surface area (Å²) in [6.45, 7) is 5.95. The van der Waals surface area contributed by atoms with E-state index in [1.165, 1.54) is 10.7 Å². The van der Waals surface area contributed by atoms with Crippen LogP contribution in [0.2, 0.25) is 0 Å². The molecule has 0 unspecified atom stereocenters. The van der Waals surface area contributed by atoms with Crippen LogP contribution in [0.1, 0.15) is 37.7 Å². The van der Waals surface area contributed by atoms with Crippen LogP contribution in [0.15, 0.2) is 54.7 Å². The zero-order valence-electron chi connectivity index (χ0n) is 19.2. The molecule has 4 aromatic rings. The van der Waals surface area contributed by atoms with Gasteiger partial charge in [-0.15, -0.1) is 0 Å². The van der Waals surface area contributed by atoms with Gasteiger partial charge in [-0.05, 0) is 36.4 Å². The van der Waals surface area contributed by atoms with Crippen LogP contribution in [0.4, 0.5) is 23.7 Å². The summed E-state index contributed by atoms with van der Waals surface area (Å²) >= 11 is 0. The predicted molar refractivity (Wildman–Crippen MR) is 124 cm³/mol. The van der Waals surface area contributed by atoms with Crippen molar-refractivity contribution in [3.63, 3.8) is 0 Å². The fraction of sp³-hybridized carbons (Fsp3) is 0.292. The number of urea groups is 1. The van der Waals surface area contributed by atoms with Crippen molar-refractivity contribution in [3.8, 4) is 5.69 Å². The van der Waals surface area contributed by atoms with Crippen molar-refractivity contribution in [1.29, 1.82) is 0 Å². The van der Waals surface area contributed by atoms with Gasteiger partial charge in [0, 0.05) is 17.8 Å². The van der Waals surface area contributed by atoms with Crippen molar-refractivity contribution in [1.82, 2.24) is 24.9 Å². The van der Waals surface area contributed by atoms with Gasteiger partial charge in [-0.1, -0.05) is 32.9 Å². The van der Waals surface area contributed by atoms with Crippen LogP contribution in [0, 0.1) is 0 Å². The Morgan fingerprint density at radius 3 is 2.50 bits per heavy atom. The molecule has 2 N–H and O–H groups in total. The first-order valence-electron chi connectivity index (χ1n) is 10.7. The third kappa shape index (κ3) is 4.75. The van der Waals surface area contributed by atoms with Crippen LogP contribution in [0.5, 0.6) is 0 Å². The molecule has 0 fully saturated rings. The molecule has 0 saturated carbocycles. The number of fused-ring (bicyclic) bond motifs is 1. The standard InChI is InChI=1S/C24H25F3N6O/c1-23(2,3)21-12-17(33(31-21)16-8-5-7-15(11-16)24(25,26)27)13-28-22(34)30-19-9-6-10-20-18(19)14-29-32(20)4/h5-12,14H,13H2,1-4H3,(H2,28,30,34).